The standard InChI is InChI=1S/C23H27N5/c1-19-17-22(25-23(24-19)27-15-13-26(2)14-16-27)28(21-11-7-4-8-12-21)18-20-9-5-3-6-10-20/h3-12,17H,13-16,18H2,1-2H3. The summed E-state index contributed by atoms with van der Waals surface area (Å²) in [4.78, 5) is 16.6. The minimum absolute atomic E-state index is 0.767. The summed E-state index contributed by atoms with van der Waals surface area (Å²) in [7, 11) is 2.16. The van der Waals surface area contributed by atoms with E-state index in [0.29, 0.717) is 0 Å². The Morgan fingerprint density at radius 3 is 2.18 bits per heavy atom. The Hall–Kier alpha value is -2.92. The van der Waals surface area contributed by atoms with Crippen molar-refractivity contribution in [3.05, 3.63) is 78.0 Å². The number of hydrogen-bond donors (Lipinski definition) is 0. The predicted molar refractivity (Wildman–Crippen MR) is 115 cm³/mol. The van der Waals surface area contributed by atoms with Crippen LogP contribution in [0.25, 0.3) is 0 Å². The molecule has 0 N–H and O–H groups in total. The van der Waals surface area contributed by atoms with Crippen LogP contribution in [0.5, 0.6) is 0 Å². The monoisotopic (exact) mass is 373 g/mol. The molecule has 144 valence electrons. The van der Waals surface area contributed by atoms with Gasteiger partial charge in [-0.3, -0.25) is 0 Å². The van der Waals surface area contributed by atoms with Gasteiger partial charge in [-0.1, -0.05) is 48.5 Å². The summed E-state index contributed by atoms with van der Waals surface area (Å²) in [6.45, 7) is 6.82. The zero-order valence-corrected chi connectivity index (χ0v) is 16.6. The lowest BCUT2D eigenvalue weighted by atomic mass is 10.2. The summed E-state index contributed by atoms with van der Waals surface area (Å²) in [5.74, 6) is 1.77. The summed E-state index contributed by atoms with van der Waals surface area (Å²) < 4.78 is 0. The molecular weight excluding hydrogens is 346 g/mol. The molecule has 0 bridgehead atoms. The zero-order chi connectivity index (χ0) is 19.3. The maximum absolute atomic E-state index is 4.98. The Balaban J connectivity index is 1.69. The van der Waals surface area contributed by atoms with Crippen LogP contribution in [0.15, 0.2) is 66.7 Å². The second-order valence-electron chi connectivity index (χ2n) is 7.37. The van der Waals surface area contributed by atoms with Crippen LogP contribution in [0.3, 0.4) is 0 Å². The molecule has 4 rings (SSSR count). The van der Waals surface area contributed by atoms with Gasteiger partial charge < -0.3 is 14.7 Å². The topological polar surface area (TPSA) is 35.5 Å². The number of piperazine rings is 1. The van der Waals surface area contributed by atoms with E-state index in [2.05, 4.69) is 89.3 Å². The van der Waals surface area contributed by atoms with Crippen molar-refractivity contribution in [3.8, 4) is 0 Å². The van der Waals surface area contributed by atoms with Gasteiger partial charge >= 0.3 is 0 Å². The number of rotatable bonds is 5. The van der Waals surface area contributed by atoms with Crippen LogP contribution in [-0.4, -0.2) is 48.1 Å². The van der Waals surface area contributed by atoms with E-state index in [0.717, 1.165) is 55.9 Å². The molecule has 1 fully saturated rings. The lowest BCUT2D eigenvalue weighted by molar-refractivity contribution is 0.311. The van der Waals surface area contributed by atoms with E-state index >= 15 is 0 Å². The number of anilines is 3. The Labute approximate surface area is 167 Å². The number of likely N-dealkylation sites (N-methyl/N-ethyl adjacent to an activating group) is 1. The van der Waals surface area contributed by atoms with Crippen molar-refractivity contribution >= 4 is 17.5 Å². The van der Waals surface area contributed by atoms with E-state index in [9.17, 15) is 0 Å². The molecule has 5 heteroatoms. The molecule has 2 aromatic carbocycles. The third kappa shape index (κ3) is 4.31. The summed E-state index contributed by atoms with van der Waals surface area (Å²) in [5, 5.41) is 0. The number of benzene rings is 2. The average molecular weight is 374 g/mol. The van der Waals surface area contributed by atoms with Crippen LogP contribution in [-0.2, 0) is 6.54 Å². The van der Waals surface area contributed by atoms with E-state index in [-0.39, 0.29) is 0 Å². The smallest absolute Gasteiger partial charge is 0.227 e. The Morgan fingerprint density at radius 1 is 0.857 bits per heavy atom. The van der Waals surface area contributed by atoms with E-state index in [4.69, 9.17) is 9.97 Å². The number of aromatic nitrogens is 2. The third-order valence-electron chi connectivity index (χ3n) is 5.14. The van der Waals surface area contributed by atoms with Gasteiger partial charge in [-0.25, -0.2) is 4.98 Å². The molecule has 3 aromatic rings. The Kier molecular flexibility index (Phi) is 5.53. The molecule has 28 heavy (non-hydrogen) atoms. The molecule has 1 saturated heterocycles. The highest BCUT2D eigenvalue weighted by Crippen LogP contribution is 2.28. The van der Waals surface area contributed by atoms with Crippen LogP contribution < -0.4 is 9.80 Å². The fraction of sp³-hybridized carbons (Fsp3) is 0.304. The molecule has 0 aliphatic carbocycles. The average Bonchev–Trinajstić information content (AvgIpc) is 2.73. The maximum atomic E-state index is 4.98. The molecular formula is C23H27N5. The normalized spacial score (nSPS) is 14.9. The fourth-order valence-corrected chi connectivity index (χ4v) is 3.50. The number of nitrogens with zero attached hydrogens (tertiary/aromatic N) is 5. The first kappa shape index (κ1) is 18.4. The lowest BCUT2D eigenvalue weighted by Gasteiger charge is -2.33. The molecule has 0 radical (unpaired) electrons. The van der Waals surface area contributed by atoms with Gasteiger partial charge in [-0.15, -0.1) is 0 Å². The zero-order valence-electron chi connectivity index (χ0n) is 16.6. The first-order valence-electron chi connectivity index (χ1n) is 9.85. The predicted octanol–water partition coefficient (Wildman–Crippen LogP) is 3.88. The van der Waals surface area contributed by atoms with Crippen molar-refractivity contribution in [2.45, 2.75) is 13.5 Å². The van der Waals surface area contributed by atoms with Crippen LogP contribution in [0.1, 0.15) is 11.3 Å². The molecule has 0 amide bonds. The quantitative estimate of drug-likeness (QED) is 0.678. The maximum Gasteiger partial charge on any atom is 0.227 e. The van der Waals surface area contributed by atoms with Crippen molar-refractivity contribution in [3.63, 3.8) is 0 Å². The highest BCUT2D eigenvalue weighted by Gasteiger charge is 2.19. The van der Waals surface area contributed by atoms with Gasteiger partial charge in [-0.05, 0) is 31.7 Å². The molecule has 1 aromatic heterocycles. The first-order chi connectivity index (χ1) is 13.7. The summed E-state index contributed by atoms with van der Waals surface area (Å²) in [6, 6.07) is 23.1. The van der Waals surface area contributed by atoms with Crippen LogP contribution in [0, 0.1) is 6.92 Å². The van der Waals surface area contributed by atoms with Gasteiger partial charge in [0.25, 0.3) is 0 Å². The SMILES string of the molecule is Cc1cc(N(Cc2ccccc2)c2ccccc2)nc(N2CCN(C)CC2)n1. The molecule has 0 atom stereocenters. The summed E-state index contributed by atoms with van der Waals surface area (Å²) in [6.07, 6.45) is 0. The van der Waals surface area contributed by atoms with Crippen molar-refractivity contribution < 1.29 is 0 Å². The fourth-order valence-electron chi connectivity index (χ4n) is 3.50. The minimum Gasteiger partial charge on any atom is -0.338 e. The van der Waals surface area contributed by atoms with Crippen LogP contribution in [0.2, 0.25) is 0 Å². The van der Waals surface area contributed by atoms with Gasteiger partial charge in [0.05, 0.1) is 0 Å². The second-order valence-corrected chi connectivity index (χ2v) is 7.37. The summed E-state index contributed by atoms with van der Waals surface area (Å²) >= 11 is 0. The molecule has 0 saturated carbocycles. The van der Waals surface area contributed by atoms with Gasteiger partial charge in [-0.2, -0.15) is 4.98 Å². The van der Waals surface area contributed by atoms with E-state index in [1.807, 2.05) is 6.07 Å². The lowest BCUT2D eigenvalue weighted by Crippen LogP contribution is -2.45. The Morgan fingerprint density at radius 2 is 1.50 bits per heavy atom. The Bertz CT molecular complexity index is 889. The van der Waals surface area contributed by atoms with E-state index in [1.54, 1.807) is 0 Å². The van der Waals surface area contributed by atoms with Gasteiger partial charge in [0.2, 0.25) is 5.95 Å². The van der Waals surface area contributed by atoms with Crippen LogP contribution >= 0.6 is 0 Å². The summed E-state index contributed by atoms with van der Waals surface area (Å²) in [5.41, 5.74) is 3.38. The van der Waals surface area contributed by atoms with Gasteiger partial charge in [0.15, 0.2) is 0 Å². The number of aryl methyl sites for hydroxylation is 1. The van der Waals surface area contributed by atoms with Crippen molar-refractivity contribution in [1.29, 1.82) is 0 Å². The first-order valence-corrected chi connectivity index (χ1v) is 9.85. The molecule has 1 aliphatic rings. The number of hydrogen-bond acceptors (Lipinski definition) is 5. The van der Waals surface area contributed by atoms with E-state index in [1.165, 1.54) is 5.56 Å². The van der Waals surface area contributed by atoms with Crippen molar-refractivity contribution in [1.82, 2.24) is 14.9 Å². The molecule has 0 unspecified atom stereocenters. The van der Waals surface area contributed by atoms with Crippen molar-refractivity contribution in [2.75, 3.05) is 43.0 Å². The van der Waals surface area contributed by atoms with Gasteiger partial charge in [0.1, 0.15) is 5.82 Å². The van der Waals surface area contributed by atoms with E-state index < -0.39 is 0 Å². The molecule has 0 spiro atoms. The third-order valence-corrected chi connectivity index (χ3v) is 5.14. The van der Waals surface area contributed by atoms with Crippen molar-refractivity contribution in [2.24, 2.45) is 0 Å². The molecule has 2 heterocycles. The molecule has 1 aliphatic heterocycles. The molecule has 5 nitrogen and oxygen atoms in total. The minimum atomic E-state index is 0.767. The second kappa shape index (κ2) is 8.40. The van der Waals surface area contributed by atoms with Crippen LogP contribution in [0.4, 0.5) is 17.5 Å². The highest BCUT2D eigenvalue weighted by atomic mass is 15.3. The highest BCUT2D eigenvalue weighted by molar-refractivity contribution is 5.61. The largest absolute Gasteiger partial charge is 0.338 e. The number of para-hydroxylation sites is 1. The van der Waals surface area contributed by atoms with Gasteiger partial charge in [0, 0.05) is 50.2 Å².